The van der Waals surface area contributed by atoms with Crippen LogP contribution in [-0.2, 0) is 14.3 Å². The number of amides is 1. The predicted molar refractivity (Wildman–Crippen MR) is 119 cm³/mol. The molecule has 1 aliphatic rings. The van der Waals surface area contributed by atoms with Crippen LogP contribution in [0.15, 0.2) is 54.6 Å². The summed E-state index contributed by atoms with van der Waals surface area (Å²) < 4.78 is 10.5. The molecular weight excluding hydrogens is 380 g/mol. The number of carbonyl (C=O) groups is 2. The van der Waals surface area contributed by atoms with E-state index in [1.165, 1.54) is 25.3 Å². The topological polar surface area (TPSA) is 67.9 Å². The van der Waals surface area contributed by atoms with Gasteiger partial charge in [-0.05, 0) is 62.6 Å². The highest BCUT2D eigenvalue weighted by Crippen LogP contribution is 2.22. The molecule has 0 aliphatic carbocycles. The molecule has 158 valence electrons. The lowest BCUT2D eigenvalue weighted by atomic mass is 10.1. The van der Waals surface area contributed by atoms with E-state index in [4.69, 9.17) is 9.47 Å². The molecule has 2 aromatic carbocycles. The van der Waals surface area contributed by atoms with Gasteiger partial charge in [-0.15, -0.1) is 0 Å². The van der Waals surface area contributed by atoms with Crippen LogP contribution in [0.4, 0.5) is 11.4 Å². The Morgan fingerprint density at radius 3 is 2.43 bits per heavy atom. The summed E-state index contributed by atoms with van der Waals surface area (Å²) in [5.74, 6) is -0.316. The van der Waals surface area contributed by atoms with Gasteiger partial charge in [-0.1, -0.05) is 18.2 Å². The number of hydrogen-bond acceptors (Lipinski definition) is 5. The smallest absolute Gasteiger partial charge is 0.331 e. The van der Waals surface area contributed by atoms with Crippen molar-refractivity contribution in [1.82, 2.24) is 0 Å². The molecule has 0 unspecified atom stereocenters. The lowest BCUT2D eigenvalue weighted by Gasteiger charge is -2.28. The number of nitrogens with zero attached hydrogens (tertiary/aromatic N) is 1. The van der Waals surface area contributed by atoms with Crippen molar-refractivity contribution in [1.29, 1.82) is 0 Å². The number of esters is 1. The molecule has 0 saturated carbocycles. The lowest BCUT2D eigenvalue weighted by Crippen LogP contribution is -2.30. The fourth-order valence-electron chi connectivity index (χ4n) is 3.38. The highest BCUT2D eigenvalue weighted by atomic mass is 16.5. The first-order valence-electron chi connectivity index (χ1n) is 10.2. The summed E-state index contributed by atoms with van der Waals surface area (Å²) in [6.07, 6.45) is 5.69. The molecule has 1 N–H and O–H groups in total. The molecule has 1 heterocycles. The highest BCUT2D eigenvalue weighted by molar-refractivity contribution is 5.96. The number of piperidine rings is 1. The third kappa shape index (κ3) is 5.86. The first-order chi connectivity index (χ1) is 14.6. The molecule has 0 spiro atoms. The Balaban J connectivity index is 1.51. The highest BCUT2D eigenvalue weighted by Gasteiger charge is 2.17. The molecule has 1 fully saturated rings. The monoisotopic (exact) mass is 408 g/mol. The van der Waals surface area contributed by atoms with Crippen molar-refractivity contribution >= 4 is 29.3 Å². The van der Waals surface area contributed by atoms with Gasteiger partial charge in [-0.3, -0.25) is 4.79 Å². The van der Waals surface area contributed by atoms with Gasteiger partial charge in [0.05, 0.1) is 7.11 Å². The summed E-state index contributed by atoms with van der Waals surface area (Å²) in [5.41, 5.74) is 2.59. The number of anilines is 2. The number of methoxy groups -OCH3 is 1. The minimum Gasteiger partial charge on any atom is -0.496 e. The molecule has 0 radical (unpaired) electrons. The van der Waals surface area contributed by atoms with Gasteiger partial charge in [0.25, 0.3) is 5.91 Å². The molecular formula is C24H28N2O4. The van der Waals surface area contributed by atoms with E-state index in [1.807, 2.05) is 42.5 Å². The fraction of sp³-hybridized carbons (Fsp3) is 0.333. The van der Waals surface area contributed by atoms with Crippen LogP contribution in [0.3, 0.4) is 0 Å². The maximum Gasteiger partial charge on any atom is 0.331 e. The van der Waals surface area contributed by atoms with Gasteiger partial charge in [0.1, 0.15) is 5.75 Å². The van der Waals surface area contributed by atoms with E-state index in [0.717, 1.165) is 24.3 Å². The second-order valence-corrected chi connectivity index (χ2v) is 7.24. The van der Waals surface area contributed by atoms with Crippen LogP contribution in [0.25, 0.3) is 6.08 Å². The van der Waals surface area contributed by atoms with E-state index in [1.54, 1.807) is 26.2 Å². The van der Waals surface area contributed by atoms with Crippen molar-refractivity contribution in [2.24, 2.45) is 0 Å². The largest absolute Gasteiger partial charge is 0.496 e. The average molecular weight is 408 g/mol. The Kier molecular flexibility index (Phi) is 7.49. The molecule has 3 rings (SSSR count). The van der Waals surface area contributed by atoms with Crippen LogP contribution in [0.1, 0.15) is 31.7 Å². The van der Waals surface area contributed by atoms with Gasteiger partial charge >= 0.3 is 5.97 Å². The van der Waals surface area contributed by atoms with Crippen molar-refractivity contribution in [3.63, 3.8) is 0 Å². The zero-order valence-electron chi connectivity index (χ0n) is 17.5. The molecule has 30 heavy (non-hydrogen) atoms. The molecule has 2 aromatic rings. The van der Waals surface area contributed by atoms with Crippen molar-refractivity contribution in [3.8, 4) is 5.75 Å². The third-order valence-corrected chi connectivity index (χ3v) is 5.06. The molecule has 6 heteroatoms. The van der Waals surface area contributed by atoms with Crippen molar-refractivity contribution < 1.29 is 19.1 Å². The minimum atomic E-state index is -0.915. The SMILES string of the molecule is COc1ccccc1/C=C/C(=O)O[C@H](C)C(=O)Nc1ccc(N2CCCCC2)cc1. The van der Waals surface area contributed by atoms with E-state index in [9.17, 15) is 9.59 Å². The Hall–Kier alpha value is -3.28. The van der Waals surface area contributed by atoms with Gasteiger partial charge in [0, 0.05) is 36.1 Å². The second-order valence-electron chi connectivity index (χ2n) is 7.24. The number of carbonyl (C=O) groups excluding carboxylic acids is 2. The Labute approximate surface area is 177 Å². The fourth-order valence-corrected chi connectivity index (χ4v) is 3.38. The number of benzene rings is 2. The van der Waals surface area contributed by atoms with Gasteiger partial charge in [0.2, 0.25) is 0 Å². The Bertz CT molecular complexity index is 886. The van der Waals surface area contributed by atoms with Gasteiger partial charge in [0.15, 0.2) is 6.10 Å². The van der Waals surface area contributed by atoms with Crippen LogP contribution < -0.4 is 15.0 Å². The summed E-state index contributed by atoms with van der Waals surface area (Å²) in [6.45, 7) is 3.69. The zero-order chi connectivity index (χ0) is 21.3. The van der Waals surface area contributed by atoms with E-state index in [0.29, 0.717) is 11.4 Å². The molecule has 0 bridgehead atoms. The van der Waals surface area contributed by atoms with E-state index < -0.39 is 12.1 Å². The standard InChI is InChI=1S/C24H28N2O4/c1-18(30-23(27)15-10-19-8-4-5-9-22(19)29-2)24(28)25-20-11-13-21(14-12-20)26-16-6-3-7-17-26/h4-5,8-15,18H,3,6-7,16-17H2,1-2H3,(H,25,28)/b15-10+/t18-/m1/s1. The van der Waals surface area contributed by atoms with Gasteiger partial charge in [-0.2, -0.15) is 0 Å². The summed E-state index contributed by atoms with van der Waals surface area (Å²) in [5, 5.41) is 2.79. The first kappa shape index (κ1) is 21.4. The average Bonchev–Trinajstić information content (AvgIpc) is 2.79. The summed E-state index contributed by atoms with van der Waals surface area (Å²) >= 11 is 0. The molecule has 1 aliphatic heterocycles. The first-order valence-corrected chi connectivity index (χ1v) is 10.2. The van der Waals surface area contributed by atoms with Crippen molar-refractivity contribution in [2.45, 2.75) is 32.3 Å². The summed E-state index contributed by atoms with van der Waals surface area (Å²) in [7, 11) is 1.57. The van der Waals surface area contributed by atoms with Crippen LogP contribution >= 0.6 is 0 Å². The maximum absolute atomic E-state index is 12.4. The normalized spacial score (nSPS) is 14.9. The molecule has 0 aromatic heterocycles. The number of para-hydroxylation sites is 1. The van der Waals surface area contributed by atoms with Gasteiger partial charge < -0.3 is 19.7 Å². The van der Waals surface area contributed by atoms with Gasteiger partial charge in [-0.25, -0.2) is 4.79 Å². The van der Waals surface area contributed by atoms with Crippen molar-refractivity contribution in [2.75, 3.05) is 30.4 Å². The molecule has 1 amide bonds. The number of ether oxygens (including phenoxy) is 2. The van der Waals surface area contributed by atoms with E-state index in [2.05, 4.69) is 10.2 Å². The van der Waals surface area contributed by atoms with Crippen molar-refractivity contribution in [3.05, 3.63) is 60.2 Å². The quantitative estimate of drug-likeness (QED) is 0.547. The molecule has 6 nitrogen and oxygen atoms in total. The lowest BCUT2D eigenvalue weighted by molar-refractivity contribution is -0.148. The van der Waals surface area contributed by atoms with Crippen LogP contribution in [-0.4, -0.2) is 38.2 Å². The summed E-state index contributed by atoms with van der Waals surface area (Å²) in [6, 6.07) is 15.1. The molecule has 1 atom stereocenters. The summed E-state index contributed by atoms with van der Waals surface area (Å²) in [4.78, 5) is 26.8. The number of rotatable bonds is 7. The zero-order valence-corrected chi connectivity index (χ0v) is 17.5. The predicted octanol–water partition coefficient (Wildman–Crippen LogP) is 4.27. The van der Waals surface area contributed by atoms with Crippen LogP contribution in [0.2, 0.25) is 0 Å². The van der Waals surface area contributed by atoms with Crippen LogP contribution in [0.5, 0.6) is 5.75 Å². The second kappa shape index (κ2) is 10.5. The number of hydrogen-bond donors (Lipinski definition) is 1. The third-order valence-electron chi connectivity index (χ3n) is 5.06. The minimum absolute atomic E-state index is 0.375. The van der Waals surface area contributed by atoms with E-state index in [-0.39, 0.29) is 5.91 Å². The molecule has 1 saturated heterocycles. The Morgan fingerprint density at radius 1 is 1.03 bits per heavy atom. The number of nitrogens with one attached hydrogen (secondary N) is 1. The van der Waals surface area contributed by atoms with Crippen LogP contribution in [0, 0.1) is 0 Å². The van der Waals surface area contributed by atoms with E-state index >= 15 is 0 Å². The maximum atomic E-state index is 12.4. The Morgan fingerprint density at radius 2 is 1.73 bits per heavy atom.